The van der Waals surface area contributed by atoms with Gasteiger partial charge in [-0.25, -0.2) is 0 Å². The number of carbonyl (C=O) groups excluding carboxylic acids is 3. The van der Waals surface area contributed by atoms with E-state index in [1.807, 2.05) is 0 Å². The highest BCUT2D eigenvalue weighted by Crippen LogP contribution is 2.30. The zero-order chi connectivity index (χ0) is 13.6. The van der Waals surface area contributed by atoms with Gasteiger partial charge in [-0.05, 0) is 18.6 Å². The number of anilines is 1. The Balaban J connectivity index is 0.00000110. The van der Waals surface area contributed by atoms with Crippen molar-refractivity contribution in [2.24, 2.45) is 0 Å². The highest BCUT2D eigenvalue weighted by Gasteiger charge is 2.39. The van der Waals surface area contributed by atoms with Crippen molar-refractivity contribution in [1.29, 1.82) is 0 Å². The molecule has 0 bridgehead atoms. The van der Waals surface area contributed by atoms with E-state index < -0.39 is 11.9 Å². The Morgan fingerprint density at radius 1 is 1.19 bits per heavy atom. The van der Waals surface area contributed by atoms with E-state index in [9.17, 15) is 14.4 Å². The Hall–Kier alpha value is -2.45. The zero-order valence-corrected chi connectivity index (χ0v) is 11.2. The van der Waals surface area contributed by atoms with E-state index >= 15 is 0 Å². The summed E-state index contributed by atoms with van der Waals surface area (Å²) >= 11 is 0. The Kier molecular flexibility index (Phi) is 4.66. The smallest absolute Gasteiger partial charge is 0.255 e. The second-order valence-corrected chi connectivity index (χ2v) is 4.77. The van der Waals surface area contributed by atoms with Gasteiger partial charge in [0, 0.05) is 29.8 Å². The van der Waals surface area contributed by atoms with Crippen LogP contribution < -0.4 is 11.1 Å². The summed E-state index contributed by atoms with van der Waals surface area (Å²) < 4.78 is 0. The molecule has 0 radical (unpaired) electrons. The zero-order valence-electron chi connectivity index (χ0n) is 11.2. The molecule has 2 aliphatic heterocycles. The summed E-state index contributed by atoms with van der Waals surface area (Å²) in [6, 6.07) is 4.58. The van der Waals surface area contributed by atoms with Crippen molar-refractivity contribution in [2.45, 2.75) is 25.4 Å². The minimum absolute atomic E-state index is 0. The highest BCUT2D eigenvalue weighted by molar-refractivity contribution is 6.06. The Bertz CT molecular complexity index is 601. The molecule has 1 saturated heterocycles. The van der Waals surface area contributed by atoms with Crippen molar-refractivity contribution < 1.29 is 25.3 Å². The molecule has 2 heterocycles. The number of rotatable bonds is 1. The van der Waals surface area contributed by atoms with Crippen LogP contribution in [0.4, 0.5) is 5.69 Å². The minimum atomic E-state index is -0.586. The lowest BCUT2D eigenvalue weighted by Gasteiger charge is -2.29. The summed E-state index contributed by atoms with van der Waals surface area (Å²) in [5, 5.41) is 2.27. The summed E-state index contributed by atoms with van der Waals surface area (Å²) in [5.74, 6) is -0.891. The number of nitrogens with two attached hydrogens (primary N) is 1. The number of carbonyl (C=O) groups is 3. The molecule has 21 heavy (non-hydrogen) atoms. The second-order valence-electron chi connectivity index (χ2n) is 4.77. The first-order valence-electron chi connectivity index (χ1n) is 6.10. The van der Waals surface area contributed by atoms with E-state index in [1.54, 1.807) is 18.2 Å². The molecule has 8 nitrogen and oxygen atoms in total. The Morgan fingerprint density at radius 2 is 1.90 bits per heavy atom. The lowest BCUT2D eigenvalue weighted by atomic mass is 10.0. The monoisotopic (exact) mass is 295 g/mol. The molecule has 0 spiro atoms. The van der Waals surface area contributed by atoms with Crippen LogP contribution in [-0.2, 0) is 16.1 Å². The number of nitrogens with zero attached hydrogens (tertiary/aromatic N) is 1. The number of nitrogen functional groups attached to an aromatic ring is 1. The van der Waals surface area contributed by atoms with Crippen molar-refractivity contribution >= 4 is 23.4 Å². The first kappa shape index (κ1) is 16.6. The molecule has 1 unspecified atom stereocenters. The van der Waals surface area contributed by atoms with Crippen LogP contribution in [-0.4, -0.2) is 39.6 Å². The van der Waals surface area contributed by atoms with Gasteiger partial charge in [0.15, 0.2) is 0 Å². The topological polar surface area (TPSA) is 156 Å². The quantitative estimate of drug-likeness (QED) is 0.471. The van der Waals surface area contributed by atoms with Gasteiger partial charge in [0.1, 0.15) is 6.04 Å². The molecule has 1 aromatic carbocycles. The maximum absolute atomic E-state index is 12.3. The summed E-state index contributed by atoms with van der Waals surface area (Å²) in [4.78, 5) is 36.7. The van der Waals surface area contributed by atoms with Crippen molar-refractivity contribution in [3.05, 3.63) is 29.3 Å². The molecule has 3 rings (SSSR count). The molecular weight excluding hydrogens is 278 g/mol. The fraction of sp³-hybridized carbons (Fsp3) is 0.308. The molecule has 114 valence electrons. The normalized spacial score (nSPS) is 20.3. The minimum Gasteiger partial charge on any atom is -0.412 e. The fourth-order valence-electron chi connectivity index (χ4n) is 2.61. The maximum Gasteiger partial charge on any atom is 0.255 e. The third-order valence-electron chi connectivity index (χ3n) is 3.62. The number of nitrogens with one attached hydrogen (secondary N) is 1. The van der Waals surface area contributed by atoms with Crippen LogP contribution in [0.1, 0.15) is 28.8 Å². The molecule has 8 heteroatoms. The fourth-order valence-corrected chi connectivity index (χ4v) is 2.61. The van der Waals surface area contributed by atoms with E-state index in [2.05, 4.69) is 5.32 Å². The lowest BCUT2D eigenvalue weighted by molar-refractivity contribution is -0.136. The van der Waals surface area contributed by atoms with Gasteiger partial charge in [0.05, 0.1) is 0 Å². The van der Waals surface area contributed by atoms with Crippen molar-refractivity contribution in [1.82, 2.24) is 10.2 Å². The summed E-state index contributed by atoms with van der Waals surface area (Å²) in [7, 11) is 0. The SMILES string of the molecule is Nc1cccc2c1CN(C1CCC(=O)NC1=O)C2=O.O.O. The van der Waals surface area contributed by atoms with E-state index in [-0.39, 0.29) is 29.2 Å². The number of hydrogen-bond donors (Lipinski definition) is 2. The largest absolute Gasteiger partial charge is 0.412 e. The van der Waals surface area contributed by atoms with Gasteiger partial charge in [-0.2, -0.15) is 0 Å². The predicted octanol–water partition coefficient (Wildman–Crippen LogP) is -1.62. The lowest BCUT2D eigenvalue weighted by Crippen LogP contribution is -2.52. The van der Waals surface area contributed by atoms with Gasteiger partial charge >= 0.3 is 0 Å². The van der Waals surface area contributed by atoms with Crippen molar-refractivity contribution in [3.63, 3.8) is 0 Å². The van der Waals surface area contributed by atoms with E-state index in [1.165, 1.54) is 4.90 Å². The van der Waals surface area contributed by atoms with Crippen LogP contribution in [0.15, 0.2) is 18.2 Å². The number of imide groups is 1. The number of benzene rings is 1. The molecule has 0 saturated carbocycles. The van der Waals surface area contributed by atoms with Crippen LogP contribution in [0.3, 0.4) is 0 Å². The van der Waals surface area contributed by atoms with Crippen LogP contribution in [0.2, 0.25) is 0 Å². The van der Waals surface area contributed by atoms with Gasteiger partial charge in [0.2, 0.25) is 11.8 Å². The molecule has 0 aromatic heterocycles. The van der Waals surface area contributed by atoms with E-state index in [0.717, 1.165) is 5.56 Å². The molecule has 1 atom stereocenters. The molecule has 3 amide bonds. The van der Waals surface area contributed by atoms with Gasteiger partial charge in [-0.1, -0.05) is 6.07 Å². The summed E-state index contributed by atoms with van der Waals surface area (Å²) in [6.45, 7) is 0.327. The first-order valence-corrected chi connectivity index (χ1v) is 6.10. The Labute approximate surface area is 120 Å². The molecule has 1 aromatic rings. The number of amides is 3. The average molecular weight is 295 g/mol. The van der Waals surface area contributed by atoms with E-state index in [0.29, 0.717) is 24.2 Å². The highest BCUT2D eigenvalue weighted by atomic mass is 16.2. The molecule has 2 aliphatic rings. The molecular formula is C13H17N3O5. The van der Waals surface area contributed by atoms with Crippen LogP contribution in [0, 0.1) is 0 Å². The molecule has 0 aliphatic carbocycles. The Morgan fingerprint density at radius 3 is 2.52 bits per heavy atom. The van der Waals surface area contributed by atoms with E-state index in [4.69, 9.17) is 5.73 Å². The van der Waals surface area contributed by atoms with Crippen molar-refractivity contribution in [3.8, 4) is 0 Å². The van der Waals surface area contributed by atoms with Crippen LogP contribution in [0.5, 0.6) is 0 Å². The maximum atomic E-state index is 12.3. The number of fused-ring (bicyclic) bond motifs is 1. The summed E-state index contributed by atoms with van der Waals surface area (Å²) in [5.41, 5.74) is 7.71. The third kappa shape index (κ3) is 2.58. The summed E-state index contributed by atoms with van der Waals surface area (Å²) in [6.07, 6.45) is 0.621. The van der Waals surface area contributed by atoms with Gasteiger partial charge in [-0.15, -0.1) is 0 Å². The molecule has 7 N–H and O–H groups in total. The average Bonchev–Trinajstić information content (AvgIpc) is 2.69. The van der Waals surface area contributed by atoms with Gasteiger partial charge in [0.25, 0.3) is 5.91 Å². The standard InChI is InChI=1S/C13H13N3O3.2H2O/c14-9-3-1-2-7-8(9)6-16(13(7)19)10-4-5-11(17)15-12(10)18;;/h1-3,10H,4-6,14H2,(H,15,17,18);2*1H2. The van der Waals surface area contributed by atoms with Gasteiger partial charge in [-0.3, -0.25) is 19.7 Å². The first-order chi connectivity index (χ1) is 9.08. The van der Waals surface area contributed by atoms with Crippen molar-refractivity contribution in [2.75, 3.05) is 5.73 Å². The van der Waals surface area contributed by atoms with Crippen LogP contribution >= 0.6 is 0 Å². The third-order valence-corrected chi connectivity index (χ3v) is 3.62. The van der Waals surface area contributed by atoms with Gasteiger partial charge < -0.3 is 21.6 Å². The number of piperidine rings is 1. The number of hydrogen-bond acceptors (Lipinski definition) is 4. The van der Waals surface area contributed by atoms with Crippen LogP contribution in [0.25, 0.3) is 0 Å². The molecule has 1 fully saturated rings. The second kappa shape index (κ2) is 5.90. The predicted molar refractivity (Wildman–Crippen MR) is 74.1 cm³/mol.